The number of carbonyl (C=O) groups is 2. The van der Waals surface area contributed by atoms with Gasteiger partial charge in [-0.25, -0.2) is 4.39 Å². The van der Waals surface area contributed by atoms with Gasteiger partial charge in [0.1, 0.15) is 5.82 Å². The van der Waals surface area contributed by atoms with Crippen molar-refractivity contribution in [2.75, 3.05) is 26.2 Å². The molecule has 1 aromatic carbocycles. The van der Waals surface area contributed by atoms with Crippen LogP contribution in [0.1, 0.15) is 39.0 Å². The number of likely N-dealkylation sites (tertiary alicyclic amines) is 1. The summed E-state index contributed by atoms with van der Waals surface area (Å²) in [5.74, 6) is 0.660. The van der Waals surface area contributed by atoms with Crippen molar-refractivity contribution < 1.29 is 18.5 Å². The monoisotopic (exact) mass is 402 g/mol. The van der Waals surface area contributed by atoms with Crippen molar-refractivity contribution in [3.05, 3.63) is 36.0 Å². The van der Waals surface area contributed by atoms with Crippen LogP contribution in [-0.4, -0.2) is 57.9 Å². The van der Waals surface area contributed by atoms with E-state index in [-0.39, 0.29) is 30.0 Å². The minimum Gasteiger partial charge on any atom is -0.343 e. The number of piperidine rings is 1. The van der Waals surface area contributed by atoms with Gasteiger partial charge < -0.3 is 14.3 Å². The number of halogens is 1. The second-order valence-electron chi connectivity index (χ2n) is 7.18. The van der Waals surface area contributed by atoms with Crippen molar-refractivity contribution in [1.82, 2.24) is 19.9 Å². The topological polar surface area (TPSA) is 79.5 Å². The van der Waals surface area contributed by atoms with E-state index in [0.717, 1.165) is 13.1 Å². The van der Waals surface area contributed by atoms with Crippen LogP contribution in [0.2, 0.25) is 0 Å². The van der Waals surface area contributed by atoms with Gasteiger partial charge in [-0.3, -0.25) is 9.59 Å². The Morgan fingerprint density at radius 2 is 1.83 bits per heavy atom. The Hall–Kier alpha value is -2.77. The first kappa shape index (κ1) is 21.0. The van der Waals surface area contributed by atoms with E-state index in [0.29, 0.717) is 49.6 Å². The van der Waals surface area contributed by atoms with E-state index >= 15 is 0 Å². The van der Waals surface area contributed by atoms with Crippen LogP contribution in [-0.2, 0) is 16.0 Å². The van der Waals surface area contributed by atoms with E-state index in [9.17, 15) is 14.0 Å². The van der Waals surface area contributed by atoms with Gasteiger partial charge in [0.25, 0.3) is 0 Å². The molecule has 1 aromatic heterocycles. The van der Waals surface area contributed by atoms with Gasteiger partial charge in [0.15, 0.2) is 0 Å². The fraction of sp³-hybridized carbons (Fsp3) is 0.524. The quantitative estimate of drug-likeness (QED) is 0.711. The van der Waals surface area contributed by atoms with Crippen LogP contribution in [0.5, 0.6) is 0 Å². The van der Waals surface area contributed by atoms with Gasteiger partial charge in [-0.05, 0) is 51.0 Å². The Morgan fingerprint density at radius 1 is 1.17 bits per heavy atom. The number of benzene rings is 1. The highest BCUT2D eigenvalue weighted by Crippen LogP contribution is 2.21. The van der Waals surface area contributed by atoms with Crippen molar-refractivity contribution in [3.8, 4) is 11.4 Å². The standard InChI is InChI=1S/C21H27FN4O3/c1-3-25(4-2)21(28)16-11-13-26(14-12-16)19(27)10-9-18-23-20(24-29-18)15-5-7-17(22)8-6-15/h5-8,16H,3-4,9-14H2,1-2H3. The number of carbonyl (C=O) groups excluding carboxylic acids is 2. The molecule has 0 bridgehead atoms. The summed E-state index contributed by atoms with van der Waals surface area (Å²) in [5.41, 5.74) is 0.660. The first-order valence-electron chi connectivity index (χ1n) is 10.2. The molecular formula is C21H27FN4O3. The highest BCUT2D eigenvalue weighted by atomic mass is 19.1. The van der Waals surface area contributed by atoms with Crippen molar-refractivity contribution in [1.29, 1.82) is 0 Å². The average Bonchev–Trinajstić information content (AvgIpc) is 3.22. The van der Waals surface area contributed by atoms with Crippen LogP contribution >= 0.6 is 0 Å². The Kier molecular flexibility index (Phi) is 6.95. The molecule has 0 atom stereocenters. The van der Waals surface area contributed by atoms with Crippen LogP contribution in [0.15, 0.2) is 28.8 Å². The molecule has 0 spiro atoms. The van der Waals surface area contributed by atoms with Crippen LogP contribution in [0.25, 0.3) is 11.4 Å². The fourth-order valence-electron chi connectivity index (χ4n) is 3.61. The average molecular weight is 402 g/mol. The number of hydrogen-bond acceptors (Lipinski definition) is 5. The number of rotatable bonds is 7. The molecule has 1 aliphatic heterocycles. The maximum absolute atomic E-state index is 13.0. The minimum atomic E-state index is -0.328. The zero-order chi connectivity index (χ0) is 20.8. The highest BCUT2D eigenvalue weighted by molar-refractivity contribution is 5.80. The summed E-state index contributed by atoms with van der Waals surface area (Å²) >= 11 is 0. The summed E-state index contributed by atoms with van der Waals surface area (Å²) in [6.07, 6.45) is 2.04. The molecular weight excluding hydrogens is 375 g/mol. The van der Waals surface area contributed by atoms with E-state index in [1.807, 2.05) is 23.6 Å². The maximum Gasteiger partial charge on any atom is 0.227 e. The summed E-state index contributed by atoms with van der Waals surface area (Å²) in [5, 5.41) is 3.89. The largest absolute Gasteiger partial charge is 0.343 e. The third-order valence-corrected chi connectivity index (χ3v) is 5.40. The first-order valence-corrected chi connectivity index (χ1v) is 10.2. The van der Waals surface area contributed by atoms with Gasteiger partial charge in [0.05, 0.1) is 0 Å². The predicted molar refractivity (Wildman–Crippen MR) is 105 cm³/mol. The van der Waals surface area contributed by atoms with E-state index in [1.54, 1.807) is 12.1 Å². The van der Waals surface area contributed by atoms with E-state index in [4.69, 9.17) is 4.52 Å². The number of aromatic nitrogens is 2. The number of aryl methyl sites for hydroxylation is 1. The lowest BCUT2D eigenvalue weighted by atomic mass is 9.95. The lowest BCUT2D eigenvalue weighted by Gasteiger charge is -2.33. The smallest absolute Gasteiger partial charge is 0.227 e. The lowest BCUT2D eigenvalue weighted by Crippen LogP contribution is -2.44. The zero-order valence-electron chi connectivity index (χ0n) is 16.9. The van der Waals surface area contributed by atoms with Crippen molar-refractivity contribution >= 4 is 11.8 Å². The Bertz CT molecular complexity index is 825. The number of nitrogens with zero attached hydrogens (tertiary/aromatic N) is 4. The first-order chi connectivity index (χ1) is 14.0. The van der Waals surface area contributed by atoms with E-state index in [1.165, 1.54) is 12.1 Å². The summed E-state index contributed by atoms with van der Waals surface area (Å²) in [4.78, 5) is 32.9. The Balaban J connectivity index is 1.47. The third-order valence-electron chi connectivity index (χ3n) is 5.40. The second kappa shape index (κ2) is 9.62. The molecule has 1 fully saturated rings. The molecule has 156 valence electrons. The molecule has 2 amide bonds. The summed E-state index contributed by atoms with van der Waals surface area (Å²) in [7, 11) is 0. The normalized spacial score (nSPS) is 14.8. The van der Waals surface area contributed by atoms with Crippen molar-refractivity contribution in [2.24, 2.45) is 5.92 Å². The van der Waals surface area contributed by atoms with E-state index < -0.39 is 0 Å². The summed E-state index contributed by atoms with van der Waals surface area (Å²) in [6.45, 7) is 6.61. The zero-order valence-corrected chi connectivity index (χ0v) is 16.9. The molecule has 7 nitrogen and oxygen atoms in total. The van der Waals surface area contributed by atoms with Crippen LogP contribution in [0.3, 0.4) is 0 Å². The van der Waals surface area contributed by atoms with Gasteiger partial charge in [-0.2, -0.15) is 4.98 Å². The molecule has 2 heterocycles. The maximum atomic E-state index is 13.0. The summed E-state index contributed by atoms with van der Waals surface area (Å²) in [6, 6.07) is 5.84. The SMILES string of the molecule is CCN(CC)C(=O)C1CCN(C(=O)CCc2nc(-c3ccc(F)cc3)no2)CC1. The molecule has 0 N–H and O–H groups in total. The molecule has 29 heavy (non-hydrogen) atoms. The van der Waals surface area contributed by atoms with Gasteiger partial charge in [-0.15, -0.1) is 0 Å². The fourth-order valence-corrected chi connectivity index (χ4v) is 3.61. The van der Waals surface area contributed by atoms with Gasteiger partial charge in [0.2, 0.25) is 23.5 Å². The van der Waals surface area contributed by atoms with Gasteiger partial charge in [0, 0.05) is 50.5 Å². The lowest BCUT2D eigenvalue weighted by molar-refractivity contribution is -0.140. The van der Waals surface area contributed by atoms with Crippen LogP contribution in [0, 0.1) is 11.7 Å². The highest BCUT2D eigenvalue weighted by Gasteiger charge is 2.29. The number of amides is 2. The van der Waals surface area contributed by atoms with Crippen molar-refractivity contribution in [2.45, 2.75) is 39.5 Å². The molecule has 0 unspecified atom stereocenters. The van der Waals surface area contributed by atoms with E-state index in [2.05, 4.69) is 10.1 Å². The van der Waals surface area contributed by atoms with Crippen molar-refractivity contribution in [3.63, 3.8) is 0 Å². The Labute approximate surface area is 169 Å². The molecule has 0 aliphatic carbocycles. The molecule has 0 radical (unpaired) electrons. The minimum absolute atomic E-state index is 0.00755. The third kappa shape index (κ3) is 5.19. The molecule has 1 saturated heterocycles. The molecule has 8 heteroatoms. The van der Waals surface area contributed by atoms with Gasteiger partial charge >= 0.3 is 0 Å². The number of hydrogen-bond donors (Lipinski definition) is 0. The second-order valence-corrected chi connectivity index (χ2v) is 7.18. The van der Waals surface area contributed by atoms with Gasteiger partial charge in [-0.1, -0.05) is 5.16 Å². The summed E-state index contributed by atoms with van der Waals surface area (Å²) < 4.78 is 18.2. The molecule has 1 aliphatic rings. The molecule has 2 aromatic rings. The van der Waals surface area contributed by atoms with Crippen LogP contribution < -0.4 is 0 Å². The predicted octanol–water partition coefficient (Wildman–Crippen LogP) is 2.92. The Morgan fingerprint density at radius 3 is 2.45 bits per heavy atom. The molecule has 0 saturated carbocycles. The van der Waals surface area contributed by atoms with Crippen LogP contribution in [0.4, 0.5) is 4.39 Å². The molecule has 3 rings (SSSR count).